The van der Waals surface area contributed by atoms with Crippen molar-refractivity contribution in [2.45, 2.75) is 20.8 Å². The van der Waals surface area contributed by atoms with Gasteiger partial charge in [-0.2, -0.15) is 0 Å². The Balaban J connectivity index is 2.15. The summed E-state index contributed by atoms with van der Waals surface area (Å²) >= 11 is 0. The number of methoxy groups -OCH3 is 1. The van der Waals surface area contributed by atoms with Crippen LogP contribution in [0.25, 0.3) is 0 Å². The van der Waals surface area contributed by atoms with Crippen LogP contribution in [0.2, 0.25) is 0 Å². The van der Waals surface area contributed by atoms with Crippen LogP contribution in [0.4, 0.5) is 5.69 Å². The lowest BCUT2D eigenvalue weighted by atomic mass is 10.1. The summed E-state index contributed by atoms with van der Waals surface area (Å²) in [6.45, 7) is 6.42. The van der Waals surface area contributed by atoms with Gasteiger partial charge in [-0.15, -0.1) is 0 Å². The molecule has 0 aliphatic carbocycles. The molecule has 0 heterocycles. The van der Waals surface area contributed by atoms with Crippen LogP contribution in [0.1, 0.15) is 28.4 Å². The average Bonchev–Trinajstić information content (AvgIpc) is 2.49. The fourth-order valence-electron chi connectivity index (χ4n) is 2.27. The van der Waals surface area contributed by atoms with Crippen LogP contribution in [0, 0.1) is 13.8 Å². The first kappa shape index (κ1) is 15.9. The molecule has 0 spiro atoms. The Morgan fingerprint density at radius 1 is 1.05 bits per heavy atom. The third kappa shape index (κ3) is 3.58. The molecule has 2 aromatic rings. The zero-order chi connectivity index (χ0) is 16.1. The van der Waals surface area contributed by atoms with E-state index in [1.807, 2.05) is 51.1 Å². The number of benzene rings is 2. The number of aryl methyl sites for hydroxylation is 2. The van der Waals surface area contributed by atoms with Crippen LogP contribution in [0.3, 0.4) is 0 Å². The van der Waals surface area contributed by atoms with Gasteiger partial charge in [0.15, 0.2) is 0 Å². The second kappa shape index (κ2) is 6.98. The van der Waals surface area contributed by atoms with Crippen LogP contribution in [0.15, 0.2) is 36.4 Å². The largest absolute Gasteiger partial charge is 0.496 e. The molecule has 0 saturated heterocycles. The third-order valence-corrected chi connectivity index (χ3v) is 3.39. The van der Waals surface area contributed by atoms with Gasteiger partial charge in [-0.3, -0.25) is 4.79 Å². The molecule has 116 valence electrons. The lowest BCUT2D eigenvalue weighted by Crippen LogP contribution is -2.12. The number of hydrogen-bond acceptors (Lipinski definition) is 3. The summed E-state index contributed by atoms with van der Waals surface area (Å²) in [5.74, 6) is 1.46. The van der Waals surface area contributed by atoms with Gasteiger partial charge < -0.3 is 14.8 Å². The van der Waals surface area contributed by atoms with Crippen molar-refractivity contribution in [3.8, 4) is 11.5 Å². The molecule has 0 aliphatic rings. The highest BCUT2D eigenvalue weighted by Gasteiger charge is 2.09. The van der Waals surface area contributed by atoms with Crippen molar-refractivity contribution < 1.29 is 14.3 Å². The number of amides is 1. The lowest BCUT2D eigenvalue weighted by Gasteiger charge is -2.11. The van der Waals surface area contributed by atoms with Gasteiger partial charge in [0.1, 0.15) is 11.5 Å². The quantitative estimate of drug-likeness (QED) is 0.909. The first-order chi connectivity index (χ1) is 10.5. The van der Waals surface area contributed by atoms with E-state index in [4.69, 9.17) is 9.47 Å². The first-order valence-electron chi connectivity index (χ1n) is 7.24. The highest BCUT2D eigenvalue weighted by molar-refractivity contribution is 6.04. The highest BCUT2D eigenvalue weighted by Crippen LogP contribution is 2.23. The summed E-state index contributed by atoms with van der Waals surface area (Å²) in [7, 11) is 1.63. The average molecular weight is 299 g/mol. The van der Waals surface area contributed by atoms with Crippen LogP contribution in [0.5, 0.6) is 11.5 Å². The summed E-state index contributed by atoms with van der Waals surface area (Å²) in [5.41, 5.74) is 3.27. The Bertz CT molecular complexity index is 680. The van der Waals surface area contributed by atoms with Crippen molar-refractivity contribution in [1.29, 1.82) is 0 Å². The molecule has 22 heavy (non-hydrogen) atoms. The van der Waals surface area contributed by atoms with Crippen LogP contribution in [-0.2, 0) is 0 Å². The van der Waals surface area contributed by atoms with E-state index in [-0.39, 0.29) is 5.91 Å². The summed E-state index contributed by atoms with van der Waals surface area (Å²) in [4.78, 5) is 12.3. The molecule has 2 rings (SSSR count). The molecule has 2 aromatic carbocycles. The lowest BCUT2D eigenvalue weighted by molar-refractivity contribution is 0.102. The van der Waals surface area contributed by atoms with Crippen molar-refractivity contribution in [2.75, 3.05) is 19.0 Å². The molecule has 0 fully saturated rings. The molecule has 0 aliphatic heterocycles. The number of hydrogen-bond donors (Lipinski definition) is 1. The van der Waals surface area contributed by atoms with E-state index < -0.39 is 0 Å². The Morgan fingerprint density at radius 3 is 2.32 bits per heavy atom. The van der Waals surface area contributed by atoms with Crippen molar-refractivity contribution in [2.24, 2.45) is 0 Å². The normalized spacial score (nSPS) is 10.2. The van der Waals surface area contributed by atoms with Crippen molar-refractivity contribution >= 4 is 11.6 Å². The SMILES string of the molecule is CCOc1ccc(C(=O)Nc2ccc(OC)c(C)c2)cc1C. The molecular formula is C18H21NO3. The van der Waals surface area contributed by atoms with Crippen LogP contribution < -0.4 is 14.8 Å². The van der Waals surface area contributed by atoms with E-state index in [1.165, 1.54) is 0 Å². The number of ether oxygens (including phenoxy) is 2. The van der Waals surface area contributed by atoms with E-state index in [1.54, 1.807) is 13.2 Å². The maximum atomic E-state index is 12.3. The van der Waals surface area contributed by atoms with Crippen molar-refractivity contribution in [3.63, 3.8) is 0 Å². The molecule has 0 radical (unpaired) electrons. The number of rotatable bonds is 5. The van der Waals surface area contributed by atoms with E-state index in [0.717, 1.165) is 28.3 Å². The monoisotopic (exact) mass is 299 g/mol. The first-order valence-corrected chi connectivity index (χ1v) is 7.24. The summed E-state index contributed by atoms with van der Waals surface area (Å²) in [6.07, 6.45) is 0. The fraction of sp³-hybridized carbons (Fsp3) is 0.278. The number of carbonyl (C=O) groups is 1. The second-order valence-corrected chi connectivity index (χ2v) is 5.05. The Hall–Kier alpha value is -2.49. The smallest absolute Gasteiger partial charge is 0.255 e. The van der Waals surface area contributed by atoms with Crippen molar-refractivity contribution in [3.05, 3.63) is 53.1 Å². The van der Waals surface area contributed by atoms with Gasteiger partial charge in [0.2, 0.25) is 0 Å². The molecule has 1 N–H and O–H groups in total. The molecule has 1 amide bonds. The molecular weight excluding hydrogens is 278 g/mol. The Morgan fingerprint density at radius 2 is 1.73 bits per heavy atom. The van der Waals surface area contributed by atoms with E-state index in [0.29, 0.717) is 12.2 Å². The minimum Gasteiger partial charge on any atom is -0.496 e. The topological polar surface area (TPSA) is 47.6 Å². The summed E-state index contributed by atoms with van der Waals surface area (Å²) in [5, 5.41) is 2.89. The van der Waals surface area contributed by atoms with Gasteiger partial charge in [0.05, 0.1) is 13.7 Å². The molecule has 0 saturated carbocycles. The highest BCUT2D eigenvalue weighted by atomic mass is 16.5. The van der Waals surface area contributed by atoms with Crippen LogP contribution in [-0.4, -0.2) is 19.6 Å². The van der Waals surface area contributed by atoms with E-state index in [9.17, 15) is 4.79 Å². The van der Waals surface area contributed by atoms with E-state index >= 15 is 0 Å². The summed E-state index contributed by atoms with van der Waals surface area (Å²) < 4.78 is 10.7. The predicted octanol–water partition coefficient (Wildman–Crippen LogP) is 3.96. The molecule has 0 unspecified atom stereocenters. The minimum absolute atomic E-state index is 0.143. The van der Waals surface area contributed by atoms with Crippen molar-refractivity contribution in [1.82, 2.24) is 0 Å². The molecule has 4 heteroatoms. The zero-order valence-corrected chi connectivity index (χ0v) is 13.4. The zero-order valence-electron chi connectivity index (χ0n) is 13.4. The van der Waals surface area contributed by atoms with E-state index in [2.05, 4.69) is 5.32 Å². The second-order valence-electron chi connectivity index (χ2n) is 5.05. The minimum atomic E-state index is -0.143. The molecule has 0 aromatic heterocycles. The van der Waals surface area contributed by atoms with Crippen LogP contribution >= 0.6 is 0 Å². The Labute approximate surface area is 131 Å². The fourth-order valence-corrected chi connectivity index (χ4v) is 2.27. The molecule has 0 atom stereocenters. The molecule has 0 bridgehead atoms. The Kier molecular flexibility index (Phi) is 5.04. The van der Waals surface area contributed by atoms with Gasteiger partial charge in [-0.1, -0.05) is 0 Å². The standard InChI is InChI=1S/C18H21NO3/c1-5-22-17-8-6-14(10-12(17)2)18(20)19-15-7-9-16(21-4)13(3)11-15/h6-11H,5H2,1-4H3,(H,19,20). The summed E-state index contributed by atoms with van der Waals surface area (Å²) in [6, 6.07) is 11.0. The van der Waals surface area contributed by atoms with Gasteiger partial charge in [0, 0.05) is 11.3 Å². The predicted molar refractivity (Wildman–Crippen MR) is 88.0 cm³/mol. The number of nitrogens with one attached hydrogen (secondary N) is 1. The third-order valence-electron chi connectivity index (χ3n) is 3.39. The maximum absolute atomic E-state index is 12.3. The number of anilines is 1. The number of carbonyl (C=O) groups excluding carboxylic acids is 1. The van der Waals surface area contributed by atoms with Gasteiger partial charge in [0.25, 0.3) is 5.91 Å². The van der Waals surface area contributed by atoms with Gasteiger partial charge >= 0.3 is 0 Å². The van der Waals surface area contributed by atoms with Gasteiger partial charge in [-0.25, -0.2) is 0 Å². The maximum Gasteiger partial charge on any atom is 0.255 e. The van der Waals surface area contributed by atoms with Gasteiger partial charge in [-0.05, 0) is 68.3 Å². The molecule has 4 nitrogen and oxygen atoms in total.